The summed E-state index contributed by atoms with van der Waals surface area (Å²) >= 11 is 3.76. The first kappa shape index (κ1) is 17.4. The number of rotatable bonds is 4. The van der Waals surface area contributed by atoms with Crippen LogP contribution in [0.25, 0.3) is 0 Å². The van der Waals surface area contributed by atoms with Crippen LogP contribution in [0.5, 0.6) is 0 Å². The van der Waals surface area contributed by atoms with Gasteiger partial charge < -0.3 is 10.6 Å². The Kier molecular flexibility index (Phi) is 6.86. The molecule has 2 fully saturated rings. The van der Waals surface area contributed by atoms with E-state index in [0.717, 1.165) is 37.5 Å². The first-order valence-corrected chi connectivity index (χ1v) is 8.99. The summed E-state index contributed by atoms with van der Waals surface area (Å²) in [5.41, 5.74) is 0. The van der Waals surface area contributed by atoms with Crippen LogP contribution in [-0.4, -0.2) is 24.0 Å². The summed E-state index contributed by atoms with van der Waals surface area (Å²) in [6, 6.07) is 0.510. The van der Waals surface area contributed by atoms with Crippen molar-refractivity contribution in [3.8, 4) is 0 Å². The van der Waals surface area contributed by atoms with Crippen LogP contribution in [0.4, 0.5) is 4.79 Å². The van der Waals surface area contributed by atoms with Gasteiger partial charge in [0.1, 0.15) is 0 Å². The zero-order valence-corrected chi connectivity index (χ0v) is 14.3. The van der Waals surface area contributed by atoms with Crippen LogP contribution < -0.4 is 15.4 Å². The molecular weight excluding hydrogens is 298 g/mol. The van der Waals surface area contributed by atoms with Crippen LogP contribution in [0.15, 0.2) is 0 Å². The van der Waals surface area contributed by atoms with Crippen LogP contribution in [0.2, 0.25) is 0 Å². The normalized spacial score (nSPS) is 32.1. The molecule has 0 aliphatic heterocycles. The molecule has 2 saturated carbocycles. The standard InChI is InChI=1S/C16H29N3O2S/c1-11(20)17-14-6-2-12(3-7-14)10-13-4-8-15(9-5-13)18-16(21)19-22/h12-15,22H,2-10H2,1H3,(H,17,20)(H2,18,19,21). The first-order chi connectivity index (χ1) is 10.6. The van der Waals surface area contributed by atoms with E-state index in [1.807, 2.05) is 0 Å². The average Bonchev–Trinajstić information content (AvgIpc) is 2.50. The third-order valence-electron chi connectivity index (χ3n) is 5.20. The highest BCUT2D eigenvalue weighted by Gasteiger charge is 2.27. The fourth-order valence-corrected chi connectivity index (χ4v) is 4.13. The third-order valence-corrected chi connectivity index (χ3v) is 5.41. The van der Waals surface area contributed by atoms with E-state index in [4.69, 9.17) is 0 Å². The van der Waals surface area contributed by atoms with Gasteiger partial charge in [-0.05, 0) is 69.6 Å². The van der Waals surface area contributed by atoms with Gasteiger partial charge in [0.2, 0.25) is 5.91 Å². The van der Waals surface area contributed by atoms with E-state index >= 15 is 0 Å². The van der Waals surface area contributed by atoms with E-state index in [0.29, 0.717) is 12.1 Å². The van der Waals surface area contributed by atoms with Crippen molar-refractivity contribution in [1.29, 1.82) is 0 Å². The van der Waals surface area contributed by atoms with Gasteiger partial charge in [-0.15, -0.1) is 0 Å². The Bertz CT molecular complexity index is 376. The lowest BCUT2D eigenvalue weighted by Crippen LogP contribution is -2.41. The Labute approximate surface area is 138 Å². The minimum absolute atomic E-state index is 0.0968. The molecule has 3 N–H and O–H groups in total. The maximum atomic E-state index is 11.3. The third kappa shape index (κ3) is 5.71. The molecule has 0 spiro atoms. The molecule has 2 aliphatic carbocycles. The lowest BCUT2D eigenvalue weighted by molar-refractivity contribution is -0.119. The van der Waals surface area contributed by atoms with Gasteiger partial charge in [0, 0.05) is 19.0 Å². The molecular formula is C16H29N3O2S. The molecule has 6 heteroatoms. The minimum Gasteiger partial charge on any atom is -0.354 e. The van der Waals surface area contributed by atoms with Gasteiger partial charge in [-0.3, -0.25) is 9.52 Å². The molecule has 0 bridgehead atoms. The average molecular weight is 327 g/mol. The second-order valence-electron chi connectivity index (χ2n) is 6.96. The predicted molar refractivity (Wildman–Crippen MR) is 90.6 cm³/mol. The molecule has 0 heterocycles. The molecule has 0 aromatic carbocycles. The van der Waals surface area contributed by atoms with Crippen molar-refractivity contribution < 1.29 is 9.59 Å². The molecule has 5 nitrogen and oxygen atoms in total. The van der Waals surface area contributed by atoms with Gasteiger partial charge in [-0.25, -0.2) is 4.79 Å². The molecule has 0 aromatic heterocycles. The van der Waals surface area contributed by atoms with Gasteiger partial charge >= 0.3 is 6.03 Å². The van der Waals surface area contributed by atoms with E-state index in [9.17, 15) is 9.59 Å². The number of amides is 3. The van der Waals surface area contributed by atoms with E-state index in [-0.39, 0.29) is 11.9 Å². The Balaban J connectivity index is 1.63. The fourth-order valence-electron chi connectivity index (χ4n) is 4.06. The van der Waals surface area contributed by atoms with Crippen molar-refractivity contribution in [3.05, 3.63) is 0 Å². The van der Waals surface area contributed by atoms with Crippen LogP contribution in [0.1, 0.15) is 64.7 Å². The van der Waals surface area contributed by atoms with Crippen LogP contribution in [0, 0.1) is 11.8 Å². The minimum atomic E-state index is -0.192. The summed E-state index contributed by atoms with van der Waals surface area (Å²) in [4.78, 5) is 22.3. The monoisotopic (exact) mass is 327 g/mol. The van der Waals surface area contributed by atoms with Gasteiger partial charge in [0.25, 0.3) is 0 Å². The summed E-state index contributed by atoms with van der Waals surface area (Å²) in [7, 11) is 0. The Morgan fingerprint density at radius 1 is 0.864 bits per heavy atom. The highest BCUT2D eigenvalue weighted by molar-refractivity contribution is 7.78. The smallest absolute Gasteiger partial charge is 0.324 e. The number of carbonyl (C=O) groups is 2. The van der Waals surface area contributed by atoms with Gasteiger partial charge in [0.15, 0.2) is 0 Å². The summed E-state index contributed by atoms with van der Waals surface area (Å²) in [6.45, 7) is 1.60. The molecule has 22 heavy (non-hydrogen) atoms. The van der Waals surface area contributed by atoms with Crippen LogP contribution >= 0.6 is 12.8 Å². The van der Waals surface area contributed by atoms with Crippen LogP contribution in [-0.2, 0) is 4.79 Å². The SMILES string of the molecule is CC(=O)NC1CCC(CC2CCC(NC(=O)NS)CC2)CC1. The number of carbonyl (C=O) groups excluding carboxylic acids is 2. The zero-order chi connectivity index (χ0) is 15.9. The van der Waals surface area contributed by atoms with E-state index in [1.165, 1.54) is 32.1 Å². The quantitative estimate of drug-likeness (QED) is 0.600. The first-order valence-electron chi connectivity index (χ1n) is 8.54. The number of hydrogen-bond donors (Lipinski definition) is 4. The van der Waals surface area contributed by atoms with Crippen molar-refractivity contribution in [2.45, 2.75) is 76.8 Å². The molecule has 0 unspecified atom stereocenters. The van der Waals surface area contributed by atoms with Gasteiger partial charge in [-0.1, -0.05) is 12.8 Å². The van der Waals surface area contributed by atoms with Crippen LogP contribution in [0.3, 0.4) is 0 Å². The van der Waals surface area contributed by atoms with Crippen molar-refractivity contribution in [2.24, 2.45) is 11.8 Å². The number of thiol groups is 1. The van der Waals surface area contributed by atoms with Crippen molar-refractivity contribution in [2.75, 3.05) is 0 Å². The molecule has 0 aromatic rings. The summed E-state index contributed by atoms with van der Waals surface area (Å²) in [5, 5.41) is 5.99. The fraction of sp³-hybridized carbons (Fsp3) is 0.875. The highest BCUT2D eigenvalue weighted by Crippen LogP contribution is 2.35. The Morgan fingerprint density at radius 3 is 1.73 bits per heavy atom. The second-order valence-corrected chi connectivity index (χ2v) is 7.18. The molecule has 0 saturated heterocycles. The number of nitrogens with one attached hydrogen (secondary N) is 3. The Morgan fingerprint density at radius 2 is 1.32 bits per heavy atom. The maximum absolute atomic E-state index is 11.3. The molecule has 3 amide bonds. The van der Waals surface area contributed by atoms with Gasteiger partial charge in [0.05, 0.1) is 0 Å². The van der Waals surface area contributed by atoms with E-state index in [2.05, 4.69) is 28.2 Å². The predicted octanol–water partition coefficient (Wildman–Crippen LogP) is 2.77. The summed E-state index contributed by atoms with van der Waals surface area (Å²) in [6.07, 6.45) is 10.6. The van der Waals surface area contributed by atoms with Gasteiger partial charge in [-0.2, -0.15) is 0 Å². The summed E-state index contributed by atoms with van der Waals surface area (Å²) in [5.74, 6) is 1.72. The molecule has 2 rings (SSSR count). The van der Waals surface area contributed by atoms with E-state index < -0.39 is 0 Å². The molecule has 0 atom stereocenters. The second kappa shape index (κ2) is 8.65. The lowest BCUT2D eigenvalue weighted by atomic mass is 9.75. The molecule has 126 valence electrons. The topological polar surface area (TPSA) is 70.2 Å². The van der Waals surface area contributed by atoms with Crippen molar-refractivity contribution in [1.82, 2.24) is 15.4 Å². The Hall–Kier alpha value is -0.910. The highest BCUT2D eigenvalue weighted by atomic mass is 32.1. The summed E-state index contributed by atoms with van der Waals surface area (Å²) < 4.78 is 2.32. The number of urea groups is 1. The molecule has 0 radical (unpaired) electrons. The van der Waals surface area contributed by atoms with Crippen molar-refractivity contribution in [3.63, 3.8) is 0 Å². The van der Waals surface area contributed by atoms with Crippen molar-refractivity contribution >= 4 is 24.8 Å². The lowest BCUT2D eigenvalue weighted by Gasteiger charge is -2.34. The van der Waals surface area contributed by atoms with E-state index in [1.54, 1.807) is 6.92 Å². The molecule has 2 aliphatic rings. The maximum Gasteiger partial charge on any atom is 0.324 e. The number of hydrogen-bond acceptors (Lipinski definition) is 3. The largest absolute Gasteiger partial charge is 0.354 e. The zero-order valence-electron chi connectivity index (χ0n) is 13.4.